The van der Waals surface area contributed by atoms with Crippen molar-refractivity contribution in [3.05, 3.63) is 0 Å². The highest BCUT2D eigenvalue weighted by atomic mass is 16.2. The van der Waals surface area contributed by atoms with Gasteiger partial charge < -0.3 is 21.3 Å². The molecule has 3 amide bonds. The maximum absolute atomic E-state index is 12.3. The van der Waals surface area contributed by atoms with Gasteiger partial charge in [-0.3, -0.25) is 4.79 Å². The molecule has 5 fully saturated rings. The zero-order chi connectivity index (χ0) is 18.3. The van der Waals surface area contributed by atoms with Gasteiger partial charge in [-0.25, -0.2) is 4.79 Å². The molecule has 0 unspecified atom stereocenters. The molecule has 1 heterocycles. The molecule has 1 aliphatic heterocycles. The van der Waals surface area contributed by atoms with Crippen molar-refractivity contribution in [3.8, 4) is 0 Å². The van der Waals surface area contributed by atoms with Crippen LogP contribution in [-0.4, -0.2) is 48.6 Å². The van der Waals surface area contributed by atoms with Crippen LogP contribution in [0, 0.1) is 29.6 Å². The van der Waals surface area contributed by atoms with E-state index in [4.69, 9.17) is 5.73 Å². The van der Waals surface area contributed by atoms with Gasteiger partial charge in [0.15, 0.2) is 0 Å². The van der Waals surface area contributed by atoms with Gasteiger partial charge >= 0.3 is 6.03 Å². The van der Waals surface area contributed by atoms with Gasteiger partial charge in [0.05, 0.1) is 0 Å². The number of hydrogen-bond acceptors (Lipinski definition) is 3. The maximum atomic E-state index is 12.3. The van der Waals surface area contributed by atoms with E-state index in [1.165, 1.54) is 32.1 Å². The van der Waals surface area contributed by atoms with Gasteiger partial charge in [0.1, 0.15) is 0 Å². The Morgan fingerprint density at radius 3 is 2.12 bits per heavy atom. The molecule has 0 spiro atoms. The third-order valence-electron chi connectivity index (χ3n) is 7.82. The third-order valence-corrected chi connectivity index (χ3v) is 7.82. The molecule has 4 bridgehead atoms. The van der Waals surface area contributed by atoms with Gasteiger partial charge in [0.2, 0.25) is 5.91 Å². The minimum Gasteiger partial charge on any atom is -0.343 e. The van der Waals surface area contributed by atoms with Crippen LogP contribution in [0.3, 0.4) is 0 Å². The quantitative estimate of drug-likeness (QED) is 0.711. The maximum Gasteiger partial charge on any atom is 0.314 e. The van der Waals surface area contributed by atoms with E-state index < -0.39 is 0 Å². The van der Waals surface area contributed by atoms with Crippen LogP contribution < -0.4 is 16.4 Å². The molecular weight excluding hydrogens is 328 g/mol. The summed E-state index contributed by atoms with van der Waals surface area (Å²) in [6.45, 7) is 4.53. The van der Waals surface area contributed by atoms with Crippen molar-refractivity contribution in [2.75, 3.05) is 26.2 Å². The van der Waals surface area contributed by atoms with Gasteiger partial charge in [0.25, 0.3) is 0 Å². The van der Waals surface area contributed by atoms with Gasteiger partial charge in [-0.1, -0.05) is 0 Å². The highest BCUT2D eigenvalue weighted by Crippen LogP contribution is 2.57. The van der Waals surface area contributed by atoms with Gasteiger partial charge in [-0.05, 0) is 74.5 Å². The van der Waals surface area contributed by atoms with E-state index in [-0.39, 0.29) is 17.5 Å². The molecule has 1 saturated heterocycles. The summed E-state index contributed by atoms with van der Waals surface area (Å²) in [4.78, 5) is 25.6. The normalized spacial score (nSPS) is 39.1. The van der Waals surface area contributed by atoms with Crippen LogP contribution in [0.25, 0.3) is 0 Å². The summed E-state index contributed by atoms with van der Waals surface area (Å²) in [7, 11) is 0. The van der Waals surface area contributed by atoms with E-state index in [2.05, 4.69) is 10.6 Å². The second-order valence-corrected chi connectivity index (χ2v) is 9.43. The molecule has 0 aromatic carbocycles. The van der Waals surface area contributed by atoms with Crippen molar-refractivity contribution in [2.45, 2.75) is 57.4 Å². The summed E-state index contributed by atoms with van der Waals surface area (Å²) >= 11 is 0. The van der Waals surface area contributed by atoms with E-state index in [1.807, 2.05) is 4.90 Å². The van der Waals surface area contributed by atoms with E-state index >= 15 is 0 Å². The van der Waals surface area contributed by atoms with E-state index in [9.17, 15) is 9.59 Å². The number of urea groups is 1. The molecule has 6 heteroatoms. The second-order valence-electron chi connectivity index (χ2n) is 9.43. The average molecular weight is 363 g/mol. The number of amides is 3. The molecule has 4 aliphatic carbocycles. The Hall–Kier alpha value is -1.30. The largest absolute Gasteiger partial charge is 0.343 e. The first-order chi connectivity index (χ1) is 12.4. The Kier molecular flexibility index (Phi) is 4.88. The first kappa shape index (κ1) is 18.1. The minimum absolute atomic E-state index is 0.0855. The monoisotopic (exact) mass is 362 g/mol. The van der Waals surface area contributed by atoms with Crippen molar-refractivity contribution in [1.82, 2.24) is 15.5 Å². The fourth-order valence-corrected chi connectivity index (χ4v) is 6.34. The van der Waals surface area contributed by atoms with Crippen molar-refractivity contribution in [1.29, 1.82) is 0 Å². The molecule has 5 rings (SSSR count). The first-order valence-electron chi connectivity index (χ1n) is 10.5. The number of nitrogens with two attached hydrogens (primary N) is 1. The molecule has 0 aromatic heterocycles. The number of rotatable bonds is 4. The van der Waals surface area contributed by atoms with Crippen molar-refractivity contribution in [3.63, 3.8) is 0 Å². The summed E-state index contributed by atoms with van der Waals surface area (Å²) in [6.07, 6.45) is 8.41. The summed E-state index contributed by atoms with van der Waals surface area (Å²) in [5, 5.41) is 6.11. The topological polar surface area (TPSA) is 87.5 Å². The number of nitrogens with one attached hydrogen (secondary N) is 2. The first-order valence-corrected chi connectivity index (χ1v) is 10.5. The van der Waals surface area contributed by atoms with Crippen LogP contribution in [-0.2, 0) is 4.79 Å². The Labute approximate surface area is 156 Å². The molecule has 146 valence electrons. The second kappa shape index (κ2) is 7.02. The number of nitrogens with zero attached hydrogens (tertiary/aromatic N) is 1. The van der Waals surface area contributed by atoms with Crippen molar-refractivity contribution in [2.24, 2.45) is 35.3 Å². The van der Waals surface area contributed by atoms with E-state index in [0.717, 1.165) is 37.8 Å². The lowest BCUT2D eigenvalue weighted by atomic mass is 9.49. The fraction of sp³-hybridized carbons (Fsp3) is 0.900. The lowest BCUT2D eigenvalue weighted by Crippen LogP contribution is -2.67. The van der Waals surface area contributed by atoms with E-state index in [1.54, 1.807) is 6.92 Å². The standard InChI is InChI=1S/C20H34N4O2/c1-13(25)24-4-2-14(3-5-24)11-22-19(26)23-12-20(21)17-7-15-6-16(9-17)10-18(20)8-15/h14-18H,2-12,21H2,1H3,(H2,22,23,26). The lowest BCUT2D eigenvalue weighted by Gasteiger charge is -2.59. The molecule has 4 saturated carbocycles. The molecule has 0 radical (unpaired) electrons. The number of carbonyl (C=O) groups excluding carboxylic acids is 2. The van der Waals surface area contributed by atoms with E-state index in [0.29, 0.717) is 30.8 Å². The Morgan fingerprint density at radius 2 is 1.58 bits per heavy atom. The zero-order valence-corrected chi connectivity index (χ0v) is 16.0. The summed E-state index contributed by atoms with van der Waals surface area (Å²) in [6, 6.07) is -0.0855. The zero-order valence-electron chi connectivity index (χ0n) is 16.0. The minimum atomic E-state index is -0.197. The number of likely N-dealkylation sites (tertiary alicyclic amines) is 1. The summed E-state index contributed by atoms with van der Waals surface area (Å²) in [5.41, 5.74) is 6.65. The van der Waals surface area contributed by atoms with Crippen LogP contribution in [0.15, 0.2) is 0 Å². The predicted molar refractivity (Wildman–Crippen MR) is 100 cm³/mol. The van der Waals surface area contributed by atoms with Crippen LogP contribution in [0.1, 0.15) is 51.9 Å². The highest BCUT2D eigenvalue weighted by Gasteiger charge is 2.55. The lowest BCUT2D eigenvalue weighted by molar-refractivity contribution is -0.130. The number of carbonyl (C=O) groups is 2. The SMILES string of the molecule is CC(=O)N1CCC(CNC(=O)NCC2(N)C3CC4CC(C3)CC2C4)CC1. The number of hydrogen-bond donors (Lipinski definition) is 3. The molecule has 6 nitrogen and oxygen atoms in total. The predicted octanol–water partition coefficient (Wildman–Crippen LogP) is 1.70. The molecule has 5 aliphatic rings. The Morgan fingerprint density at radius 1 is 1.00 bits per heavy atom. The molecular formula is C20H34N4O2. The molecule has 26 heavy (non-hydrogen) atoms. The molecule has 0 atom stereocenters. The smallest absolute Gasteiger partial charge is 0.314 e. The average Bonchev–Trinajstić information content (AvgIpc) is 2.62. The summed E-state index contributed by atoms with van der Waals surface area (Å²) < 4.78 is 0. The molecule has 0 aromatic rings. The number of piperidine rings is 1. The third kappa shape index (κ3) is 3.45. The fourth-order valence-electron chi connectivity index (χ4n) is 6.34. The van der Waals surface area contributed by atoms with Crippen LogP contribution in [0.5, 0.6) is 0 Å². The van der Waals surface area contributed by atoms with Gasteiger partial charge in [0, 0.05) is 38.6 Å². The van der Waals surface area contributed by atoms with Crippen molar-refractivity contribution < 1.29 is 9.59 Å². The van der Waals surface area contributed by atoms with Crippen LogP contribution in [0.4, 0.5) is 4.79 Å². The van der Waals surface area contributed by atoms with Gasteiger partial charge in [-0.15, -0.1) is 0 Å². The summed E-state index contributed by atoms with van der Waals surface area (Å²) in [5.74, 6) is 3.58. The Bertz CT molecular complexity index is 528. The van der Waals surface area contributed by atoms with Crippen LogP contribution >= 0.6 is 0 Å². The molecule has 4 N–H and O–H groups in total. The highest BCUT2D eigenvalue weighted by molar-refractivity contribution is 5.74. The van der Waals surface area contributed by atoms with Gasteiger partial charge in [-0.2, -0.15) is 0 Å². The Balaban J connectivity index is 1.20. The van der Waals surface area contributed by atoms with Crippen molar-refractivity contribution >= 4 is 11.9 Å². The van der Waals surface area contributed by atoms with Crippen LogP contribution in [0.2, 0.25) is 0 Å².